The Morgan fingerprint density at radius 3 is 2.50 bits per heavy atom. The molecule has 0 fully saturated rings. The summed E-state index contributed by atoms with van der Waals surface area (Å²) in [6.45, 7) is 8.89. The molecule has 1 unspecified atom stereocenters. The van der Waals surface area contributed by atoms with Gasteiger partial charge in [0.25, 0.3) is 0 Å². The Labute approximate surface area is 140 Å². The number of carbonyl (C=O) groups excluding carboxylic acids is 1. The molecule has 0 saturated heterocycles. The molecule has 0 aromatic carbocycles. The lowest BCUT2D eigenvalue weighted by Gasteiger charge is -2.22. The number of carboxylic acids is 1. The number of aromatic nitrogens is 4. The molecule has 0 aliphatic heterocycles. The largest absolute Gasteiger partial charge is 0.476 e. The van der Waals surface area contributed by atoms with E-state index in [-0.39, 0.29) is 11.6 Å². The first-order valence-corrected chi connectivity index (χ1v) is 7.82. The molecular weight excluding hydrogens is 310 g/mol. The summed E-state index contributed by atoms with van der Waals surface area (Å²) in [6.07, 6.45) is 1.51. The summed E-state index contributed by atoms with van der Waals surface area (Å²) in [6, 6.07) is 0.802. The molecule has 2 heterocycles. The molecule has 8 heteroatoms. The number of hydrogen-bond acceptors (Lipinski definition) is 4. The molecule has 1 amide bonds. The Morgan fingerprint density at radius 2 is 2.00 bits per heavy atom. The molecule has 2 rings (SSSR count). The number of rotatable bonds is 6. The number of hydrogen-bond donors (Lipinski definition) is 1. The van der Waals surface area contributed by atoms with Crippen LogP contribution in [0.2, 0.25) is 0 Å². The van der Waals surface area contributed by atoms with Gasteiger partial charge in [0.15, 0.2) is 5.69 Å². The number of aromatic carboxylic acids is 1. The lowest BCUT2D eigenvalue weighted by atomic mass is 10.1. The normalized spacial score (nSPS) is 12.2. The highest BCUT2D eigenvalue weighted by Crippen LogP contribution is 2.17. The fourth-order valence-corrected chi connectivity index (χ4v) is 2.69. The van der Waals surface area contributed by atoms with Crippen molar-refractivity contribution < 1.29 is 14.7 Å². The van der Waals surface area contributed by atoms with Crippen molar-refractivity contribution in [3.63, 3.8) is 0 Å². The molecule has 0 saturated carbocycles. The van der Waals surface area contributed by atoms with Gasteiger partial charge in [-0.15, -0.1) is 0 Å². The second kappa shape index (κ2) is 6.86. The SMILES string of the molecule is CCn1nc(C)c(CN(C)C(=O)C(C)n2ccc(C(=O)O)n2)c1C. The van der Waals surface area contributed by atoms with Crippen molar-refractivity contribution in [1.29, 1.82) is 0 Å². The first kappa shape index (κ1) is 17.7. The van der Waals surface area contributed by atoms with Gasteiger partial charge in [-0.05, 0) is 33.8 Å². The van der Waals surface area contributed by atoms with E-state index >= 15 is 0 Å². The van der Waals surface area contributed by atoms with E-state index in [0.717, 1.165) is 23.5 Å². The van der Waals surface area contributed by atoms with Crippen LogP contribution >= 0.6 is 0 Å². The predicted molar refractivity (Wildman–Crippen MR) is 87.7 cm³/mol. The standard InChI is InChI=1S/C16H23N5O3/c1-6-20-11(3)13(10(2)17-20)9-19(5)15(22)12(4)21-8-7-14(18-21)16(23)24/h7-8,12H,6,9H2,1-5H3,(H,23,24). The summed E-state index contributed by atoms with van der Waals surface area (Å²) in [7, 11) is 1.72. The molecule has 2 aromatic heterocycles. The number of aryl methyl sites for hydroxylation is 2. The van der Waals surface area contributed by atoms with E-state index in [0.29, 0.717) is 6.54 Å². The lowest BCUT2D eigenvalue weighted by molar-refractivity contribution is -0.133. The topological polar surface area (TPSA) is 93.2 Å². The van der Waals surface area contributed by atoms with Crippen LogP contribution in [0.25, 0.3) is 0 Å². The smallest absolute Gasteiger partial charge is 0.356 e. The highest BCUT2D eigenvalue weighted by atomic mass is 16.4. The van der Waals surface area contributed by atoms with Crippen molar-refractivity contribution >= 4 is 11.9 Å². The minimum absolute atomic E-state index is 0.0757. The molecule has 2 aromatic rings. The van der Waals surface area contributed by atoms with E-state index in [4.69, 9.17) is 5.11 Å². The van der Waals surface area contributed by atoms with Crippen LogP contribution in [0.5, 0.6) is 0 Å². The molecule has 130 valence electrons. The third-order valence-corrected chi connectivity index (χ3v) is 4.18. The van der Waals surface area contributed by atoms with Crippen molar-refractivity contribution in [3.05, 3.63) is 34.9 Å². The molecule has 8 nitrogen and oxygen atoms in total. The summed E-state index contributed by atoms with van der Waals surface area (Å²) in [5.41, 5.74) is 2.92. The maximum atomic E-state index is 12.6. The van der Waals surface area contributed by atoms with Gasteiger partial charge in [-0.1, -0.05) is 0 Å². The van der Waals surface area contributed by atoms with Crippen molar-refractivity contribution in [3.8, 4) is 0 Å². The van der Waals surface area contributed by atoms with Crippen LogP contribution in [-0.2, 0) is 17.9 Å². The molecule has 0 spiro atoms. The van der Waals surface area contributed by atoms with Crippen LogP contribution in [0.4, 0.5) is 0 Å². The monoisotopic (exact) mass is 333 g/mol. The summed E-state index contributed by atoms with van der Waals surface area (Å²) < 4.78 is 3.29. The fourth-order valence-electron chi connectivity index (χ4n) is 2.69. The van der Waals surface area contributed by atoms with E-state index in [1.807, 2.05) is 25.5 Å². The van der Waals surface area contributed by atoms with E-state index in [2.05, 4.69) is 10.2 Å². The van der Waals surface area contributed by atoms with Crippen molar-refractivity contribution in [2.75, 3.05) is 7.05 Å². The third kappa shape index (κ3) is 3.32. The first-order valence-electron chi connectivity index (χ1n) is 7.82. The lowest BCUT2D eigenvalue weighted by Crippen LogP contribution is -2.33. The van der Waals surface area contributed by atoms with Gasteiger partial charge < -0.3 is 10.0 Å². The predicted octanol–water partition coefficient (Wildman–Crippen LogP) is 1.63. The average Bonchev–Trinajstić information content (AvgIpc) is 3.13. The van der Waals surface area contributed by atoms with Crippen molar-refractivity contribution in [2.45, 2.75) is 46.8 Å². The quantitative estimate of drug-likeness (QED) is 0.867. The zero-order valence-electron chi connectivity index (χ0n) is 14.6. The van der Waals surface area contributed by atoms with Crippen LogP contribution in [-0.4, -0.2) is 48.5 Å². The van der Waals surface area contributed by atoms with E-state index in [1.54, 1.807) is 18.9 Å². The molecule has 0 radical (unpaired) electrons. The second-order valence-corrected chi connectivity index (χ2v) is 5.82. The van der Waals surface area contributed by atoms with Gasteiger partial charge in [-0.2, -0.15) is 10.2 Å². The third-order valence-electron chi connectivity index (χ3n) is 4.18. The molecule has 0 aliphatic carbocycles. The second-order valence-electron chi connectivity index (χ2n) is 5.82. The maximum Gasteiger partial charge on any atom is 0.356 e. The van der Waals surface area contributed by atoms with Gasteiger partial charge in [-0.3, -0.25) is 14.2 Å². The first-order chi connectivity index (χ1) is 11.3. The highest BCUT2D eigenvalue weighted by molar-refractivity contribution is 5.85. The number of amides is 1. The summed E-state index contributed by atoms with van der Waals surface area (Å²) in [5, 5.41) is 17.3. The summed E-state index contributed by atoms with van der Waals surface area (Å²) in [5.74, 6) is -1.25. The van der Waals surface area contributed by atoms with Gasteiger partial charge in [0.2, 0.25) is 5.91 Å². The van der Waals surface area contributed by atoms with Gasteiger partial charge >= 0.3 is 5.97 Å². The molecule has 0 bridgehead atoms. The zero-order valence-corrected chi connectivity index (χ0v) is 14.6. The number of carboxylic acid groups (broad SMARTS) is 1. The minimum Gasteiger partial charge on any atom is -0.476 e. The number of nitrogens with zero attached hydrogens (tertiary/aromatic N) is 5. The Hall–Kier alpha value is -2.64. The van der Waals surface area contributed by atoms with Gasteiger partial charge in [0.1, 0.15) is 6.04 Å². The Kier molecular flexibility index (Phi) is 5.06. The molecule has 1 atom stereocenters. The van der Waals surface area contributed by atoms with E-state index in [1.165, 1.54) is 16.9 Å². The van der Waals surface area contributed by atoms with Crippen LogP contribution in [0.1, 0.15) is 47.3 Å². The number of carbonyl (C=O) groups is 2. The average molecular weight is 333 g/mol. The summed E-state index contributed by atoms with van der Waals surface area (Å²) >= 11 is 0. The van der Waals surface area contributed by atoms with Gasteiger partial charge in [0, 0.05) is 37.6 Å². The van der Waals surface area contributed by atoms with Crippen LogP contribution in [0.3, 0.4) is 0 Å². The van der Waals surface area contributed by atoms with E-state index < -0.39 is 12.0 Å². The molecular formula is C16H23N5O3. The highest BCUT2D eigenvalue weighted by Gasteiger charge is 2.23. The van der Waals surface area contributed by atoms with Gasteiger partial charge in [0.05, 0.1) is 5.69 Å². The molecule has 24 heavy (non-hydrogen) atoms. The zero-order chi connectivity index (χ0) is 18.0. The Bertz CT molecular complexity index is 762. The van der Waals surface area contributed by atoms with Gasteiger partial charge in [-0.25, -0.2) is 4.79 Å². The maximum absolute atomic E-state index is 12.6. The molecule has 0 aliphatic rings. The fraction of sp³-hybridized carbons (Fsp3) is 0.500. The summed E-state index contributed by atoms with van der Waals surface area (Å²) in [4.78, 5) is 25.1. The van der Waals surface area contributed by atoms with Crippen molar-refractivity contribution in [2.24, 2.45) is 0 Å². The number of likely N-dealkylation sites (N-methyl/N-ethyl adjacent to an activating group) is 1. The molecule has 1 N–H and O–H groups in total. The van der Waals surface area contributed by atoms with Crippen LogP contribution in [0, 0.1) is 13.8 Å². The van der Waals surface area contributed by atoms with Crippen molar-refractivity contribution in [1.82, 2.24) is 24.5 Å². The van der Waals surface area contributed by atoms with Crippen LogP contribution in [0.15, 0.2) is 12.3 Å². The Morgan fingerprint density at radius 1 is 1.33 bits per heavy atom. The Balaban J connectivity index is 2.14. The minimum atomic E-state index is -1.11. The van der Waals surface area contributed by atoms with E-state index in [9.17, 15) is 9.59 Å². The van der Waals surface area contributed by atoms with Crippen LogP contribution < -0.4 is 0 Å².